The Hall–Kier alpha value is -0.650. The predicted octanol–water partition coefficient (Wildman–Crippen LogP) is -0.438. The van der Waals surface area contributed by atoms with Crippen molar-refractivity contribution in [1.29, 1.82) is 0 Å². The van der Waals surface area contributed by atoms with Crippen LogP contribution in [-0.4, -0.2) is 56.2 Å². The molecule has 0 bridgehead atoms. The first-order chi connectivity index (χ1) is 8.16. The molecule has 1 aliphatic carbocycles. The Labute approximate surface area is 103 Å². The van der Waals surface area contributed by atoms with Gasteiger partial charge in [-0.3, -0.25) is 9.69 Å². The second kappa shape index (κ2) is 5.33. The summed E-state index contributed by atoms with van der Waals surface area (Å²) in [5.41, 5.74) is 5.41. The molecule has 0 aromatic carbocycles. The molecule has 98 valence electrons. The fraction of sp³-hybridized carbons (Fsp3) is 0.917. The SMILES string of the molecule is CC(CN1CCOCC1)NC(=O)C1(CN)CC1. The topological polar surface area (TPSA) is 67.6 Å². The minimum absolute atomic E-state index is 0.140. The summed E-state index contributed by atoms with van der Waals surface area (Å²) in [7, 11) is 0. The van der Waals surface area contributed by atoms with Crippen molar-refractivity contribution in [2.24, 2.45) is 11.1 Å². The van der Waals surface area contributed by atoms with Crippen LogP contribution < -0.4 is 11.1 Å². The summed E-state index contributed by atoms with van der Waals surface area (Å²) < 4.78 is 5.30. The minimum atomic E-state index is -0.237. The lowest BCUT2D eigenvalue weighted by Gasteiger charge is -2.30. The molecule has 3 N–H and O–H groups in total. The van der Waals surface area contributed by atoms with E-state index in [9.17, 15) is 4.79 Å². The van der Waals surface area contributed by atoms with Gasteiger partial charge < -0.3 is 15.8 Å². The molecule has 5 heteroatoms. The first-order valence-corrected chi connectivity index (χ1v) is 6.47. The summed E-state index contributed by atoms with van der Waals surface area (Å²) in [4.78, 5) is 14.3. The first-order valence-electron chi connectivity index (χ1n) is 6.47. The summed E-state index contributed by atoms with van der Waals surface area (Å²) in [5, 5.41) is 3.08. The van der Waals surface area contributed by atoms with Crippen molar-refractivity contribution in [3.05, 3.63) is 0 Å². The Morgan fingerprint density at radius 3 is 2.65 bits per heavy atom. The van der Waals surface area contributed by atoms with Crippen LogP contribution >= 0.6 is 0 Å². The maximum Gasteiger partial charge on any atom is 0.227 e. The number of hydrogen-bond acceptors (Lipinski definition) is 4. The summed E-state index contributed by atoms with van der Waals surface area (Å²) in [6, 6.07) is 0.185. The van der Waals surface area contributed by atoms with Gasteiger partial charge in [0.2, 0.25) is 5.91 Å². The van der Waals surface area contributed by atoms with Crippen LogP contribution in [0.3, 0.4) is 0 Å². The van der Waals surface area contributed by atoms with Crippen LogP contribution in [0.2, 0.25) is 0 Å². The highest BCUT2D eigenvalue weighted by atomic mass is 16.5. The number of ether oxygens (including phenoxy) is 1. The maximum absolute atomic E-state index is 12.0. The van der Waals surface area contributed by atoms with Gasteiger partial charge in [0.05, 0.1) is 18.6 Å². The third-order valence-corrected chi connectivity index (χ3v) is 3.74. The molecule has 2 aliphatic rings. The fourth-order valence-electron chi connectivity index (χ4n) is 2.27. The van der Waals surface area contributed by atoms with Crippen molar-refractivity contribution < 1.29 is 9.53 Å². The number of carbonyl (C=O) groups excluding carboxylic acids is 1. The molecule has 1 heterocycles. The molecule has 0 aromatic rings. The summed E-state index contributed by atoms with van der Waals surface area (Å²) >= 11 is 0. The van der Waals surface area contributed by atoms with Gasteiger partial charge >= 0.3 is 0 Å². The van der Waals surface area contributed by atoms with Gasteiger partial charge in [-0.25, -0.2) is 0 Å². The van der Waals surface area contributed by atoms with E-state index in [1.165, 1.54) is 0 Å². The van der Waals surface area contributed by atoms with E-state index in [-0.39, 0.29) is 17.4 Å². The van der Waals surface area contributed by atoms with Crippen molar-refractivity contribution in [2.45, 2.75) is 25.8 Å². The number of rotatable bonds is 5. The summed E-state index contributed by atoms with van der Waals surface area (Å²) in [6.07, 6.45) is 1.89. The molecule has 2 rings (SSSR count). The fourth-order valence-corrected chi connectivity index (χ4v) is 2.27. The van der Waals surface area contributed by atoms with Gasteiger partial charge in [0.15, 0.2) is 0 Å². The Bertz CT molecular complexity index is 273. The van der Waals surface area contributed by atoms with Gasteiger partial charge in [-0.1, -0.05) is 0 Å². The van der Waals surface area contributed by atoms with E-state index in [4.69, 9.17) is 10.5 Å². The van der Waals surface area contributed by atoms with E-state index >= 15 is 0 Å². The van der Waals surface area contributed by atoms with Crippen molar-refractivity contribution in [3.63, 3.8) is 0 Å². The standard InChI is InChI=1S/C12H23N3O2/c1-10(8-15-4-6-17-7-5-15)14-11(16)12(9-13)2-3-12/h10H,2-9,13H2,1H3,(H,14,16). The second-order valence-corrected chi connectivity index (χ2v) is 5.27. The minimum Gasteiger partial charge on any atom is -0.379 e. The largest absolute Gasteiger partial charge is 0.379 e. The third kappa shape index (κ3) is 3.18. The van der Waals surface area contributed by atoms with Gasteiger partial charge in [-0.2, -0.15) is 0 Å². The number of amides is 1. The summed E-state index contributed by atoms with van der Waals surface area (Å²) in [5.74, 6) is 0.140. The van der Waals surface area contributed by atoms with Crippen LogP contribution in [0.25, 0.3) is 0 Å². The summed E-state index contributed by atoms with van der Waals surface area (Å²) in [6.45, 7) is 6.95. The van der Waals surface area contributed by atoms with Gasteiger partial charge in [-0.05, 0) is 19.8 Å². The van der Waals surface area contributed by atoms with E-state index in [0.717, 1.165) is 45.7 Å². The van der Waals surface area contributed by atoms with E-state index in [1.54, 1.807) is 0 Å². The van der Waals surface area contributed by atoms with Gasteiger partial charge in [-0.15, -0.1) is 0 Å². The molecule has 1 saturated carbocycles. The van der Waals surface area contributed by atoms with Crippen molar-refractivity contribution in [3.8, 4) is 0 Å². The Kier molecular flexibility index (Phi) is 4.01. The highest BCUT2D eigenvalue weighted by Gasteiger charge is 2.48. The molecule has 0 radical (unpaired) electrons. The zero-order valence-electron chi connectivity index (χ0n) is 10.6. The van der Waals surface area contributed by atoms with Gasteiger partial charge in [0, 0.05) is 32.2 Å². The Morgan fingerprint density at radius 2 is 2.12 bits per heavy atom. The van der Waals surface area contributed by atoms with Crippen LogP contribution in [0.5, 0.6) is 0 Å². The normalized spacial score (nSPS) is 25.3. The predicted molar refractivity (Wildman–Crippen MR) is 65.6 cm³/mol. The van der Waals surface area contributed by atoms with E-state index in [1.807, 2.05) is 0 Å². The Morgan fingerprint density at radius 1 is 1.47 bits per heavy atom. The highest BCUT2D eigenvalue weighted by molar-refractivity contribution is 5.85. The third-order valence-electron chi connectivity index (χ3n) is 3.74. The molecule has 1 amide bonds. The van der Waals surface area contributed by atoms with Crippen LogP contribution in [-0.2, 0) is 9.53 Å². The van der Waals surface area contributed by atoms with Crippen LogP contribution in [0.4, 0.5) is 0 Å². The number of hydrogen-bond donors (Lipinski definition) is 2. The first kappa shape index (κ1) is 12.8. The lowest BCUT2D eigenvalue weighted by molar-refractivity contribution is -0.126. The van der Waals surface area contributed by atoms with E-state index in [0.29, 0.717) is 6.54 Å². The maximum atomic E-state index is 12.0. The van der Waals surface area contributed by atoms with Gasteiger partial charge in [0.1, 0.15) is 0 Å². The monoisotopic (exact) mass is 241 g/mol. The molecule has 1 saturated heterocycles. The number of morpholine rings is 1. The molecule has 1 unspecified atom stereocenters. The molecule has 1 atom stereocenters. The zero-order valence-corrected chi connectivity index (χ0v) is 10.6. The van der Waals surface area contributed by atoms with Crippen LogP contribution in [0.1, 0.15) is 19.8 Å². The number of nitrogens with two attached hydrogens (primary N) is 1. The Balaban J connectivity index is 1.73. The molecule has 0 spiro atoms. The number of nitrogens with zero attached hydrogens (tertiary/aromatic N) is 1. The van der Waals surface area contributed by atoms with Crippen LogP contribution in [0.15, 0.2) is 0 Å². The molecule has 2 fully saturated rings. The number of carbonyl (C=O) groups is 1. The van der Waals surface area contributed by atoms with E-state index < -0.39 is 0 Å². The van der Waals surface area contributed by atoms with Crippen molar-refractivity contribution >= 4 is 5.91 Å². The van der Waals surface area contributed by atoms with Crippen LogP contribution in [0, 0.1) is 5.41 Å². The quantitative estimate of drug-likeness (QED) is 0.685. The molecule has 1 aliphatic heterocycles. The molecule has 5 nitrogen and oxygen atoms in total. The molecular formula is C12H23N3O2. The number of nitrogens with one attached hydrogen (secondary N) is 1. The average Bonchev–Trinajstić information content (AvgIpc) is 3.11. The van der Waals surface area contributed by atoms with E-state index in [2.05, 4.69) is 17.1 Å². The smallest absolute Gasteiger partial charge is 0.227 e. The molecule has 17 heavy (non-hydrogen) atoms. The lowest BCUT2D eigenvalue weighted by atomic mass is 10.1. The van der Waals surface area contributed by atoms with Gasteiger partial charge in [0.25, 0.3) is 0 Å². The zero-order chi connectivity index (χ0) is 12.3. The van der Waals surface area contributed by atoms with Crippen molar-refractivity contribution in [2.75, 3.05) is 39.4 Å². The molecular weight excluding hydrogens is 218 g/mol. The average molecular weight is 241 g/mol. The highest BCUT2D eigenvalue weighted by Crippen LogP contribution is 2.44. The van der Waals surface area contributed by atoms with Crippen molar-refractivity contribution in [1.82, 2.24) is 10.2 Å². The lowest BCUT2D eigenvalue weighted by Crippen LogP contribution is -2.48. The molecule has 0 aromatic heterocycles. The second-order valence-electron chi connectivity index (χ2n) is 5.27.